The molecule has 1 rings (SSSR count). The zero-order chi connectivity index (χ0) is 15.0. The molecule has 7 heteroatoms. The van der Waals surface area contributed by atoms with Crippen LogP contribution in [0.2, 0.25) is 0 Å². The third-order valence-corrected chi connectivity index (χ3v) is 3.61. The summed E-state index contributed by atoms with van der Waals surface area (Å²) in [6, 6.07) is 4.15. The fourth-order valence-electron chi connectivity index (χ4n) is 1.39. The molecule has 116 valence electrons. The van der Waals surface area contributed by atoms with E-state index in [1.165, 1.54) is 9.78 Å². The minimum atomic E-state index is -0.0596. The van der Waals surface area contributed by atoms with Crippen LogP contribution >= 0.6 is 35.3 Å². The molecule has 0 aliphatic rings. The van der Waals surface area contributed by atoms with Crippen molar-refractivity contribution in [2.24, 2.45) is 4.99 Å². The van der Waals surface area contributed by atoms with Gasteiger partial charge < -0.3 is 15.5 Å². The summed E-state index contributed by atoms with van der Waals surface area (Å²) >= 11 is 1.67. The van der Waals surface area contributed by atoms with Crippen LogP contribution in [0.5, 0.6) is 0 Å². The Kier molecular flexibility index (Phi) is 9.82. The average Bonchev–Trinajstić information content (AvgIpc) is 2.95. The van der Waals surface area contributed by atoms with Gasteiger partial charge in [-0.2, -0.15) is 0 Å². The molecule has 0 aliphatic carbocycles. The highest BCUT2D eigenvalue weighted by molar-refractivity contribution is 14.0. The van der Waals surface area contributed by atoms with E-state index in [-0.39, 0.29) is 42.5 Å². The minimum Gasteiger partial charge on any atom is -0.349 e. The van der Waals surface area contributed by atoms with Crippen LogP contribution in [0.15, 0.2) is 22.5 Å². The van der Waals surface area contributed by atoms with Crippen molar-refractivity contribution in [3.05, 3.63) is 22.4 Å². The van der Waals surface area contributed by atoms with Gasteiger partial charge in [0.2, 0.25) is 5.91 Å². The van der Waals surface area contributed by atoms with Crippen LogP contribution in [-0.4, -0.2) is 44.0 Å². The van der Waals surface area contributed by atoms with Crippen LogP contribution in [-0.2, 0) is 4.79 Å². The Balaban J connectivity index is 0.00000400. The third kappa shape index (κ3) is 7.34. The summed E-state index contributed by atoms with van der Waals surface area (Å²) in [6.07, 6.45) is 5.24. The zero-order valence-electron chi connectivity index (χ0n) is 12.4. The van der Waals surface area contributed by atoms with Crippen molar-refractivity contribution in [1.29, 1.82) is 0 Å². The maximum atomic E-state index is 11.6. The van der Waals surface area contributed by atoms with Crippen LogP contribution in [0.4, 0.5) is 0 Å². The molecule has 1 aromatic heterocycles. The van der Waals surface area contributed by atoms with Gasteiger partial charge in [-0.15, -0.1) is 41.7 Å². The highest BCUT2D eigenvalue weighted by atomic mass is 127. The van der Waals surface area contributed by atoms with Gasteiger partial charge in [-0.25, -0.2) is 4.99 Å². The smallest absolute Gasteiger partial charge is 0.243 e. The van der Waals surface area contributed by atoms with E-state index in [9.17, 15) is 4.79 Å². The van der Waals surface area contributed by atoms with Gasteiger partial charge in [-0.3, -0.25) is 4.79 Å². The van der Waals surface area contributed by atoms with E-state index < -0.39 is 0 Å². The Morgan fingerprint density at radius 1 is 1.57 bits per heavy atom. The van der Waals surface area contributed by atoms with Crippen molar-refractivity contribution in [2.75, 3.05) is 27.2 Å². The fourth-order valence-corrected chi connectivity index (χ4v) is 2.12. The molecule has 1 aromatic rings. The second-order valence-corrected chi connectivity index (χ2v) is 5.37. The van der Waals surface area contributed by atoms with Crippen molar-refractivity contribution < 1.29 is 4.79 Å². The van der Waals surface area contributed by atoms with Gasteiger partial charge in [0.15, 0.2) is 5.96 Å². The Bertz CT molecular complexity index is 494. The van der Waals surface area contributed by atoms with Gasteiger partial charge in [0.25, 0.3) is 0 Å². The molecule has 1 atom stereocenters. The number of nitrogens with zero attached hydrogens (tertiary/aromatic N) is 2. The Hall–Kier alpha value is -1.27. The van der Waals surface area contributed by atoms with Gasteiger partial charge >= 0.3 is 0 Å². The number of terminal acetylenes is 1. The average molecular weight is 420 g/mol. The number of hydrogen-bond acceptors (Lipinski definition) is 3. The van der Waals surface area contributed by atoms with Crippen LogP contribution in [0.1, 0.15) is 17.8 Å². The lowest BCUT2D eigenvalue weighted by molar-refractivity contribution is -0.127. The van der Waals surface area contributed by atoms with Crippen LogP contribution in [0.25, 0.3) is 0 Å². The lowest BCUT2D eigenvalue weighted by Gasteiger charge is -2.17. The molecule has 0 saturated carbocycles. The number of halogens is 1. The zero-order valence-corrected chi connectivity index (χ0v) is 15.6. The number of thiophene rings is 1. The second kappa shape index (κ2) is 10.5. The van der Waals surface area contributed by atoms with Gasteiger partial charge in [-0.05, 0) is 18.4 Å². The molecule has 21 heavy (non-hydrogen) atoms. The number of carbonyl (C=O) groups excluding carboxylic acids is 1. The molecule has 1 unspecified atom stereocenters. The van der Waals surface area contributed by atoms with E-state index in [1.807, 2.05) is 24.4 Å². The number of likely N-dealkylation sites (N-methyl/N-ethyl adjacent to an activating group) is 1. The van der Waals surface area contributed by atoms with Gasteiger partial charge in [0.1, 0.15) is 6.54 Å². The summed E-state index contributed by atoms with van der Waals surface area (Å²) in [5, 5.41) is 8.25. The predicted octanol–water partition coefficient (Wildman–Crippen LogP) is 1.68. The number of aliphatic imine (C=N–C) groups is 1. The first-order valence-corrected chi connectivity index (χ1v) is 7.14. The second-order valence-electron chi connectivity index (χ2n) is 4.39. The van der Waals surface area contributed by atoms with Crippen molar-refractivity contribution in [2.45, 2.75) is 13.0 Å². The van der Waals surface area contributed by atoms with Crippen molar-refractivity contribution >= 4 is 47.2 Å². The standard InChI is InChI=1S/C14H20N4OS.HI/c1-5-8-15-14(16-10-13(19)18(3)4)17-11(2)12-7-6-9-20-12;/h1,6-7,9,11H,8,10H2,2-4H3,(H2,15,16,17);1H. The molecule has 0 fully saturated rings. The molecule has 0 radical (unpaired) electrons. The molecule has 0 aliphatic heterocycles. The fraction of sp³-hybridized carbons (Fsp3) is 0.429. The number of rotatable bonds is 5. The Labute approximate surface area is 147 Å². The van der Waals surface area contributed by atoms with E-state index in [1.54, 1.807) is 25.4 Å². The maximum absolute atomic E-state index is 11.6. The molecule has 0 spiro atoms. The predicted molar refractivity (Wildman–Crippen MR) is 99.1 cm³/mol. The molecule has 0 bridgehead atoms. The highest BCUT2D eigenvalue weighted by Gasteiger charge is 2.09. The number of hydrogen-bond donors (Lipinski definition) is 2. The van der Waals surface area contributed by atoms with Crippen molar-refractivity contribution in [3.8, 4) is 12.3 Å². The quantitative estimate of drug-likeness (QED) is 0.330. The number of carbonyl (C=O) groups is 1. The van der Waals surface area contributed by atoms with Gasteiger partial charge in [0, 0.05) is 19.0 Å². The van der Waals surface area contributed by atoms with E-state index in [0.29, 0.717) is 12.5 Å². The largest absolute Gasteiger partial charge is 0.349 e. The van der Waals surface area contributed by atoms with Crippen molar-refractivity contribution in [1.82, 2.24) is 15.5 Å². The Morgan fingerprint density at radius 3 is 2.81 bits per heavy atom. The summed E-state index contributed by atoms with van der Waals surface area (Å²) in [5.74, 6) is 2.97. The first-order chi connectivity index (χ1) is 9.54. The highest BCUT2D eigenvalue weighted by Crippen LogP contribution is 2.17. The van der Waals surface area contributed by atoms with E-state index in [2.05, 4.69) is 21.5 Å². The van der Waals surface area contributed by atoms with Gasteiger partial charge in [-0.1, -0.05) is 12.0 Å². The minimum absolute atomic E-state index is 0. The molecular formula is C14H21IN4OS. The number of nitrogens with one attached hydrogen (secondary N) is 2. The molecule has 5 nitrogen and oxygen atoms in total. The molecule has 1 heterocycles. The van der Waals surface area contributed by atoms with Gasteiger partial charge in [0.05, 0.1) is 12.6 Å². The third-order valence-electron chi connectivity index (χ3n) is 2.55. The lowest BCUT2D eigenvalue weighted by atomic mass is 10.3. The molecule has 0 aromatic carbocycles. The van der Waals surface area contributed by atoms with E-state index in [4.69, 9.17) is 6.42 Å². The first-order valence-electron chi connectivity index (χ1n) is 6.26. The summed E-state index contributed by atoms with van der Waals surface area (Å²) < 4.78 is 0. The summed E-state index contributed by atoms with van der Waals surface area (Å²) in [4.78, 5) is 18.5. The molecule has 2 N–H and O–H groups in total. The van der Waals surface area contributed by atoms with Crippen molar-refractivity contribution in [3.63, 3.8) is 0 Å². The SMILES string of the molecule is C#CCNC(=NCC(=O)N(C)C)NC(C)c1cccs1.I. The van der Waals surface area contributed by atoms with E-state index in [0.717, 1.165) is 0 Å². The van der Waals surface area contributed by atoms with Crippen LogP contribution in [0.3, 0.4) is 0 Å². The maximum Gasteiger partial charge on any atom is 0.243 e. The Morgan fingerprint density at radius 2 is 2.29 bits per heavy atom. The number of amides is 1. The summed E-state index contributed by atoms with van der Waals surface area (Å²) in [5.41, 5.74) is 0. The normalized spacial score (nSPS) is 11.8. The topological polar surface area (TPSA) is 56.7 Å². The molecule has 1 amide bonds. The number of guanidine groups is 1. The first kappa shape index (κ1) is 19.7. The van der Waals surface area contributed by atoms with E-state index >= 15 is 0 Å². The summed E-state index contributed by atoms with van der Waals surface area (Å²) in [6.45, 7) is 2.48. The molecular weight excluding hydrogens is 399 g/mol. The lowest BCUT2D eigenvalue weighted by Crippen LogP contribution is -2.39. The molecule has 0 saturated heterocycles. The monoisotopic (exact) mass is 420 g/mol. The van der Waals surface area contributed by atoms with Crippen LogP contribution < -0.4 is 10.6 Å². The summed E-state index contributed by atoms with van der Waals surface area (Å²) in [7, 11) is 3.40. The van der Waals surface area contributed by atoms with Crippen LogP contribution in [0, 0.1) is 12.3 Å².